The molecule has 0 saturated heterocycles. The van der Waals surface area contributed by atoms with Crippen molar-refractivity contribution >= 4 is 56.5 Å². The van der Waals surface area contributed by atoms with Crippen molar-refractivity contribution in [2.45, 2.75) is 18.6 Å². The molecule has 152 valence electrons. The van der Waals surface area contributed by atoms with Gasteiger partial charge < -0.3 is 10.0 Å². The first-order chi connectivity index (χ1) is 14.3. The summed E-state index contributed by atoms with van der Waals surface area (Å²) in [5.74, 6) is -0.880. The highest BCUT2D eigenvalue weighted by molar-refractivity contribution is 9.10. The number of halogens is 3. The van der Waals surface area contributed by atoms with E-state index in [1.165, 1.54) is 4.90 Å². The minimum atomic E-state index is -1.97. The number of nitrogens with zero attached hydrogens (tertiary/aromatic N) is 1. The number of carbonyl (C=O) groups excluding carboxylic acids is 2. The number of fused-ring (bicyclic) bond motifs is 1. The largest absolute Gasteiger partial charge is 0.375 e. The standard InChI is InChI=1S/C23H16BrCl2NO3/c24-16-7-9-20-18(10-16)23(30,12-21(28)14-4-2-1-3-5-14)22(29)27(20)13-15-6-8-17(25)11-19(15)26/h1-11,30H,12-13H2/t23-/m1/s1. The van der Waals surface area contributed by atoms with Gasteiger partial charge in [-0.15, -0.1) is 0 Å². The molecule has 3 aromatic rings. The summed E-state index contributed by atoms with van der Waals surface area (Å²) in [5.41, 5.74) is 0.0792. The monoisotopic (exact) mass is 503 g/mol. The van der Waals surface area contributed by atoms with Crippen LogP contribution in [-0.2, 0) is 16.9 Å². The zero-order valence-corrected chi connectivity index (χ0v) is 18.7. The van der Waals surface area contributed by atoms with E-state index in [-0.39, 0.29) is 18.7 Å². The van der Waals surface area contributed by atoms with Gasteiger partial charge in [0.25, 0.3) is 5.91 Å². The van der Waals surface area contributed by atoms with Crippen molar-refractivity contribution in [3.8, 4) is 0 Å². The van der Waals surface area contributed by atoms with Crippen molar-refractivity contribution in [3.05, 3.63) is 97.9 Å². The average Bonchev–Trinajstić information content (AvgIpc) is 2.92. The van der Waals surface area contributed by atoms with Crippen LogP contribution < -0.4 is 4.90 Å². The van der Waals surface area contributed by atoms with E-state index in [1.54, 1.807) is 66.7 Å². The van der Waals surface area contributed by atoms with Crippen molar-refractivity contribution in [1.29, 1.82) is 0 Å². The number of carbonyl (C=O) groups is 2. The van der Waals surface area contributed by atoms with Crippen molar-refractivity contribution in [2.24, 2.45) is 0 Å². The maximum atomic E-state index is 13.4. The van der Waals surface area contributed by atoms with Gasteiger partial charge in [0.15, 0.2) is 11.4 Å². The molecule has 1 aliphatic heterocycles. The topological polar surface area (TPSA) is 57.6 Å². The normalized spacial score (nSPS) is 17.9. The molecule has 0 spiro atoms. The number of Topliss-reactive ketones (excluding diaryl/α,β-unsaturated/α-hetero) is 1. The van der Waals surface area contributed by atoms with Crippen molar-refractivity contribution in [1.82, 2.24) is 0 Å². The fourth-order valence-corrected chi connectivity index (χ4v) is 4.46. The van der Waals surface area contributed by atoms with Gasteiger partial charge in [-0.2, -0.15) is 0 Å². The lowest BCUT2D eigenvalue weighted by molar-refractivity contribution is -0.136. The lowest BCUT2D eigenvalue weighted by atomic mass is 9.88. The number of ketones is 1. The Morgan fingerprint density at radius 2 is 1.77 bits per heavy atom. The molecule has 3 aromatic carbocycles. The summed E-state index contributed by atoms with van der Waals surface area (Å²) in [5, 5.41) is 12.4. The first kappa shape index (κ1) is 21.1. The molecule has 1 heterocycles. The first-order valence-corrected chi connectivity index (χ1v) is 10.7. The van der Waals surface area contributed by atoms with Gasteiger partial charge in [-0.3, -0.25) is 9.59 Å². The Morgan fingerprint density at radius 3 is 2.47 bits per heavy atom. The quantitative estimate of drug-likeness (QED) is 0.449. The first-order valence-electron chi connectivity index (χ1n) is 9.16. The zero-order valence-electron chi connectivity index (χ0n) is 15.6. The van der Waals surface area contributed by atoms with E-state index < -0.39 is 11.5 Å². The Hall–Kier alpha value is -2.18. The molecule has 0 radical (unpaired) electrons. The number of rotatable bonds is 5. The second kappa shape index (κ2) is 8.16. The molecule has 1 amide bonds. The van der Waals surface area contributed by atoms with E-state index in [0.717, 1.165) is 0 Å². The third-order valence-electron chi connectivity index (χ3n) is 5.15. The third kappa shape index (κ3) is 3.79. The molecule has 30 heavy (non-hydrogen) atoms. The smallest absolute Gasteiger partial charge is 0.264 e. The Morgan fingerprint density at radius 1 is 1.03 bits per heavy atom. The van der Waals surface area contributed by atoms with Crippen LogP contribution in [0, 0.1) is 0 Å². The number of hydrogen-bond acceptors (Lipinski definition) is 3. The molecule has 0 aliphatic carbocycles. The fraction of sp³-hybridized carbons (Fsp3) is 0.130. The lowest BCUT2D eigenvalue weighted by Gasteiger charge is -2.23. The van der Waals surface area contributed by atoms with Crippen LogP contribution >= 0.6 is 39.1 Å². The molecular formula is C23H16BrCl2NO3. The molecule has 7 heteroatoms. The van der Waals surface area contributed by atoms with E-state index in [4.69, 9.17) is 23.2 Å². The maximum Gasteiger partial charge on any atom is 0.264 e. The van der Waals surface area contributed by atoms with Crippen LogP contribution in [0.1, 0.15) is 27.9 Å². The minimum Gasteiger partial charge on any atom is -0.375 e. The summed E-state index contributed by atoms with van der Waals surface area (Å²) < 4.78 is 0.700. The summed E-state index contributed by atoms with van der Waals surface area (Å²) in [4.78, 5) is 27.7. The highest BCUT2D eigenvalue weighted by Crippen LogP contribution is 2.45. The average molecular weight is 505 g/mol. The number of aliphatic hydroxyl groups is 1. The minimum absolute atomic E-state index is 0.144. The Balaban J connectivity index is 1.73. The molecule has 1 atom stereocenters. The third-order valence-corrected chi connectivity index (χ3v) is 6.23. The van der Waals surface area contributed by atoms with Crippen molar-refractivity contribution in [2.75, 3.05) is 4.90 Å². The summed E-state index contributed by atoms with van der Waals surface area (Å²) >= 11 is 15.7. The molecule has 0 saturated carbocycles. The molecule has 4 nitrogen and oxygen atoms in total. The molecule has 0 bridgehead atoms. The number of amides is 1. The number of anilines is 1. The summed E-state index contributed by atoms with van der Waals surface area (Å²) in [7, 11) is 0. The number of hydrogen-bond donors (Lipinski definition) is 1. The molecule has 1 N–H and O–H groups in total. The Kier molecular flexibility index (Phi) is 5.73. The predicted molar refractivity (Wildman–Crippen MR) is 121 cm³/mol. The molecule has 0 fully saturated rings. The summed E-state index contributed by atoms with van der Waals surface area (Å²) in [6, 6.07) is 18.9. The second-order valence-electron chi connectivity index (χ2n) is 7.11. The van der Waals surface area contributed by atoms with Gasteiger partial charge in [-0.05, 0) is 35.9 Å². The van der Waals surface area contributed by atoms with E-state index >= 15 is 0 Å². The molecule has 0 aromatic heterocycles. The second-order valence-corrected chi connectivity index (χ2v) is 8.87. The van der Waals surface area contributed by atoms with Crippen LogP contribution in [0.25, 0.3) is 0 Å². The van der Waals surface area contributed by atoms with E-state index in [0.29, 0.717) is 36.9 Å². The van der Waals surface area contributed by atoms with Crippen LogP contribution in [0.5, 0.6) is 0 Å². The van der Waals surface area contributed by atoms with E-state index in [1.807, 2.05) is 0 Å². The molecule has 0 unspecified atom stereocenters. The molecule has 4 rings (SSSR count). The van der Waals surface area contributed by atoms with Gasteiger partial charge in [-0.25, -0.2) is 0 Å². The van der Waals surface area contributed by atoms with Crippen LogP contribution in [0.4, 0.5) is 5.69 Å². The van der Waals surface area contributed by atoms with Gasteiger partial charge >= 0.3 is 0 Å². The van der Waals surface area contributed by atoms with E-state index in [2.05, 4.69) is 15.9 Å². The van der Waals surface area contributed by atoms with Crippen molar-refractivity contribution in [3.63, 3.8) is 0 Å². The van der Waals surface area contributed by atoms with Gasteiger partial charge in [0, 0.05) is 25.6 Å². The molecular weight excluding hydrogens is 489 g/mol. The fourth-order valence-electron chi connectivity index (χ4n) is 3.63. The maximum absolute atomic E-state index is 13.4. The summed E-state index contributed by atoms with van der Waals surface area (Å²) in [6.07, 6.45) is -0.357. The summed E-state index contributed by atoms with van der Waals surface area (Å²) in [6.45, 7) is 0.144. The van der Waals surface area contributed by atoms with Gasteiger partial charge in [-0.1, -0.05) is 75.5 Å². The van der Waals surface area contributed by atoms with E-state index in [9.17, 15) is 14.7 Å². The Bertz CT molecular complexity index is 1150. The number of benzene rings is 3. The molecule has 1 aliphatic rings. The predicted octanol–water partition coefficient (Wildman–Crippen LogP) is 5.76. The van der Waals surface area contributed by atoms with Crippen LogP contribution in [-0.4, -0.2) is 16.8 Å². The van der Waals surface area contributed by atoms with Crippen LogP contribution in [0.3, 0.4) is 0 Å². The van der Waals surface area contributed by atoms with Crippen LogP contribution in [0.15, 0.2) is 71.2 Å². The SMILES string of the molecule is O=C(C[C@]1(O)C(=O)N(Cc2ccc(Cl)cc2Cl)c2ccc(Br)cc21)c1ccccc1. The lowest BCUT2D eigenvalue weighted by Crippen LogP contribution is -2.41. The van der Waals surface area contributed by atoms with Crippen molar-refractivity contribution < 1.29 is 14.7 Å². The highest BCUT2D eigenvalue weighted by atomic mass is 79.9. The highest BCUT2D eigenvalue weighted by Gasteiger charge is 2.51. The zero-order chi connectivity index (χ0) is 21.5. The Labute approximate surface area is 192 Å². The van der Waals surface area contributed by atoms with Gasteiger partial charge in [0.2, 0.25) is 0 Å². The van der Waals surface area contributed by atoms with Gasteiger partial charge in [0.05, 0.1) is 18.7 Å². The van der Waals surface area contributed by atoms with Gasteiger partial charge in [0.1, 0.15) is 0 Å². The van der Waals surface area contributed by atoms with Crippen LogP contribution in [0.2, 0.25) is 10.0 Å².